The fourth-order valence-electron chi connectivity index (χ4n) is 2.55. The van der Waals surface area contributed by atoms with Crippen LogP contribution in [0.3, 0.4) is 0 Å². The Hall–Kier alpha value is -2.18. The summed E-state index contributed by atoms with van der Waals surface area (Å²) in [5.41, 5.74) is 1.70. The molecule has 0 radical (unpaired) electrons. The van der Waals surface area contributed by atoms with E-state index < -0.39 is 11.9 Å². The molecule has 0 saturated carbocycles. The number of carbonyl (C=O) groups excluding carboxylic acids is 1. The molecule has 0 aromatic carbocycles. The Morgan fingerprint density at radius 2 is 2.10 bits per heavy atom. The first-order valence-corrected chi connectivity index (χ1v) is 6.68. The Labute approximate surface area is 120 Å². The topological polar surface area (TPSA) is 46.8 Å². The molecule has 0 aliphatic carbocycles. The largest absolute Gasteiger partial charge is 0.465 e. The SMILES string of the molecule is COC(=O)c1cc(N2CCC(F)(F)CC2)c2nccn2c1. The third kappa shape index (κ3) is 2.55. The minimum atomic E-state index is -2.61. The lowest BCUT2D eigenvalue weighted by molar-refractivity contribution is -0.0220. The maximum atomic E-state index is 13.3. The summed E-state index contributed by atoms with van der Waals surface area (Å²) in [7, 11) is 1.31. The van der Waals surface area contributed by atoms with Crippen LogP contribution in [0.1, 0.15) is 23.2 Å². The van der Waals surface area contributed by atoms with Crippen LogP contribution in [0.15, 0.2) is 24.7 Å². The number of esters is 1. The average molecular weight is 295 g/mol. The van der Waals surface area contributed by atoms with Gasteiger partial charge in [0.2, 0.25) is 0 Å². The van der Waals surface area contributed by atoms with Gasteiger partial charge in [0.05, 0.1) is 18.4 Å². The van der Waals surface area contributed by atoms with Crippen molar-refractivity contribution < 1.29 is 18.3 Å². The molecule has 0 N–H and O–H groups in total. The fraction of sp³-hybridized carbons (Fsp3) is 0.429. The van der Waals surface area contributed by atoms with E-state index in [2.05, 4.69) is 4.98 Å². The summed E-state index contributed by atoms with van der Waals surface area (Å²) in [6, 6.07) is 1.65. The molecule has 0 bridgehead atoms. The van der Waals surface area contributed by atoms with Crippen LogP contribution in [0.4, 0.5) is 14.5 Å². The Kier molecular flexibility index (Phi) is 3.27. The second-order valence-corrected chi connectivity index (χ2v) is 5.11. The summed E-state index contributed by atoms with van der Waals surface area (Å²) < 4.78 is 33.0. The van der Waals surface area contributed by atoms with Crippen LogP contribution in [0.5, 0.6) is 0 Å². The predicted molar refractivity (Wildman–Crippen MR) is 72.9 cm³/mol. The van der Waals surface area contributed by atoms with E-state index in [9.17, 15) is 13.6 Å². The molecule has 1 aliphatic rings. The number of aromatic nitrogens is 2. The lowest BCUT2D eigenvalue weighted by Gasteiger charge is -2.33. The van der Waals surface area contributed by atoms with E-state index in [1.807, 2.05) is 4.90 Å². The molecule has 2 aromatic heterocycles. The quantitative estimate of drug-likeness (QED) is 0.798. The number of imidazole rings is 1. The van der Waals surface area contributed by atoms with Crippen LogP contribution < -0.4 is 4.90 Å². The number of carbonyl (C=O) groups is 1. The molecule has 0 amide bonds. The van der Waals surface area contributed by atoms with Gasteiger partial charge in [0.25, 0.3) is 5.92 Å². The minimum absolute atomic E-state index is 0.192. The highest BCUT2D eigenvalue weighted by Crippen LogP contribution is 2.32. The van der Waals surface area contributed by atoms with Gasteiger partial charge < -0.3 is 14.0 Å². The van der Waals surface area contributed by atoms with Crippen LogP contribution in [0.2, 0.25) is 0 Å². The molecule has 5 nitrogen and oxygen atoms in total. The van der Waals surface area contributed by atoms with Crippen LogP contribution in [0.25, 0.3) is 5.65 Å². The molecule has 0 atom stereocenters. The number of piperidine rings is 1. The number of hydrogen-bond donors (Lipinski definition) is 0. The van der Waals surface area contributed by atoms with E-state index in [0.29, 0.717) is 16.9 Å². The summed E-state index contributed by atoms with van der Waals surface area (Å²) in [5.74, 6) is -3.07. The Bertz CT molecular complexity index is 674. The van der Waals surface area contributed by atoms with Gasteiger partial charge in [-0.2, -0.15) is 0 Å². The molecule has 3 heterocycles. The number of anilines is 1. The summed E-state index contributed by atoms with van der Waals surface area (Å²) in [6.07, 6.45) is 4.56. The second-order valence-electron chi connectivity index (χ2n) is 5.11. The van der Waals surface area contributed by atoms with E-state index in [1.54, 1.807) is 29.1 Å². The maximum Gasteiger partial charge on any atom is 0.339 e. The second kappa shape index (κ2) is 4.98. The monoisotopic (exact) mass is 295 g/mol. The molecule has 1 fully saturated rings. The molecule has 3 rings (SSSR count). The van der Waals surface area contributed by atoms with Crippen molar-refractivity contribution in [2.45, 2.75) is 18.8 Å². The van der Waals surface area contributed by atoms with Gasteiger partial charge in [0.1, 0.15) is 0 Å². The number of pyridine rings is 1. The summed E-state index contributed by atoms with van der Waals surface area (Å²) in [4.78, 5) is 17.8. The van der Waals surface area contributed by atoms with Crippen LogP contribution in [-0.2, 0) is 4.74 Å². The summed E-state index contributed by atoms with van der Waals surface area (Å²) in [6.45, 7) is 0.473. The number of ether oxygens (including phenoxy) is 1. The Morgan fingerprint density at radius 1 is 1.38 bits per heavy atom. The van der Waals surface area contributed by atoms with Gasteiger partial charge in [-0.1, -0.05) is 0 Å². The standard InChI is InChI=1S/C14H15F2N3O2/c1-21-13(20)10-8-11(12-17-4-7-19(12)9-10)18-5-2-14(15,16)3-6-18/h4,7-9H,2-3,5-6H2,1H3. The number of alkyl halides is 2. The van der Waals surface area contributed by atoms with Crippen molar-refractivity contribution in [2.24, 2.45) is 0 Å². The number of fused-ring (bicyclic) bond motifs is 1. The number of hydrogen-bond acceptors (Lipinski definition) is 4. The number of halogens is 2. The van der Waals surface area contributed by atoms with E-state index in [1.165, 1.54) is 7.11 Å². The summed E-state index contributed by atoms with van der Waals surface area (Å²) >= 11 is 0. The van der Waals surface area contributed by atoms with Gasteiger partial charge in [-0.3, -0.25) is 0 Å². The van der Waals surface area contributed by atoms with Gasteiger partial charge in [0.15, 0.2) is 5.65 Å². The van der Waals surface area contributed by atoms with Crippen molar-refractivity contribution in [3.8, 4) is 0 Å². The highest BCUT2D eigenvalue weighted by Gasteiger charge is 2.34. The number of rotatable bonds is 2. The van der Waals surface area contributed by atoms with Crippen LogP contribution >= 0.6 is 0 Å². The zero-order chi connectivity index (χ0) is 15.0. The zero-order valence-corrected chi connectivity index (χ0v) is 11.6. The molecular formula is C14H15F2N3O2. The van der Waals surface area contributed by atoms with E-state index in [4.69, 9.17) is 4.74 Å². The molecular weight excluding hydrogens is 280 g/mol. The lowest BCUT2D eigenvalue weighted by atomic mass is 10.1. The highest BCUT2D eigenvalue weighted by molar-refractivity contribution is 5.91. The Morgan fingerprint density at radius 3 is 2.76 bits per heavy atom. The van der Waals surface area contributed by atoms with Crippen molar-refractivity contribution in [1.82, 2.24) is 9.38 Å². The molecule has 0 unspecified atom stereocenters. The number of nitrogens with zero attached hydrogens (tertiary/aromatic N) is 3. The van der Waals surface area contributed by atoms with Crippen LogP contribution in [-0.4, -0.2) is 41.5 Å². The van der Waals surface area contributed by atoms with Crippen molar-refractivity contribution in [3.05, 3.63) is 30.2 Å². The molecule has 0 spiro atoms. The van der Waals surface area contributed by atoms with Gasteiger partial charge in [0, 0.05) is 44.5 Å². The van der Waals surface area contributed by atoms with Gasteiger partial charge >= 0.3 is 5.97 Å². The predicted octanol–water partition coefficient (Wildman–Crippen LogP) is 2.36. The van der Waals surface area contributed by atoms with Crippen molar-refractivity contribution >= 4 is 17.3 Å². The molecule has 1 saturated heterocycles. The highest BCUT2D eigenvalue weighted by atomic mass is 19.3. The van der Waals surface area contributed by atoms with Crippen molar-refractivity contribution in [3.63, 3.8) is 0 Å². The lowest BCUT2D eigenvalue weighted by Crippen LogP contribution is -2.39. The average Bonchev–Trinajstić information content (AvgIpc) is 2.94. The third-order valence-electron chi connectivity index (χ3n) is 3.72. The minimum Gasteiger partial charge on any atom is -0.465 e. The van der Waals surface area contributed by atoms with Crippen molar-refractivity contribution in [1.29, 1.82) is 0 Å². The first-order valence-electron chi connectivity index (χ1n) is 6.68. The van der Waals surface area contributed by atoms with Gasteiger partial charge in [-0.15, -0.1) is 0 Å². The van der Waals surface area contributed by atoms with E-state index >= 15 is 0 Å². The molecule has 112 valence electrons. The first kappa shape index (κ1) is 13.8. The maximum absolute atomic E-state index is 13.3. The fourth-order valence-corrected chi connectivity index (χ4v) is 2.55. The zero-order valence-electron chi connectivity index (χ0n) is 11.6. The normalized spacial score (nSPS) is 18.0. The van der Waals surface area contributed by atoms with E-state index in [-0.39, 0.29) is 25.9 Å². The smallest absolute Gasteiger partial charge is 0.339 e. The van der Waals surface area contributed by atoms with E-state index in [0.717, 1.165) is 0 Å². The van der Waals surface area contributed by atoms with Gasteiger partial charge in [-0.25, -0.2) is 18.6 Å². The third-order valence-corrected chi connectivity index (χ3v) is 3.72. The molecule has 2 aromatic rings. The van der Waals surface area contributed by atoms with Crippen LogP contribution in [0, 0.1) is 0 Å². The van der Waals surface area contributed by atoms with Crippen molar-refractivity contribution in [2.75, 3.05) is 25.1 Å². The molecule has 7 heteroatoms. The summed E-state index contributed by atoms with van der Waals surface area (Å²) in [5, 5.41) is 0. The molecule has 21 heavy (non-hydrogen) atoms. The Balaban J connectivity index is 2.00. The van der Waals surface area contributed by atoms with Gasteiger partial charge in [-0.05, 0) is 6.07 Å². The number of methoxy groups -OCH3 is 1. The first-order chi connectivity index (χ1) is 10.00. The molecule has 1 aliphatic heterocycles.